The third-order valence-electron chi connectivity index (χ3n) is 11.2. The number of rotatable bonds is 5. The van der Waals surface area contributed by atoms with Gasteiger partial charge in [0.15, 0.2) is 17.5 Å². The molecule has 0 N–H and O–H groups in total. The predicted molar refractivity (Wildman–Crippen MR) is 232 cm³/mol. The predicted octanol–water partition coefficient (Wildman–Crippen LogP) is 13.0. The summed E-state index contributed by atoms with van der Waals surface area (Å²) >= 11 is 0. The fraction of sp³-hybridized carbons (Fsp3) is 0. The summed E-state index contributed by atoms with van der Waals surface area (Å²) in [6.07, 6.45) is 0. The number of benzene rings is 8. The maximum atomic E-state index is 6.51. The molecule has 12 rings (SSSR count). The normalized spacial score (nSPS) is 11.9. The summed E-state index contributed by atoms with van der Waals surface area (Å²) in [6, 6.07) is 65.4. The minimum atomic E-state index is 0.624. The van der Waals surface area contributed by atoms with Crippen molar-refractivity contribution in [3.63, 3.8) is 0 Å². The molecule has 0 fully saturated rings. The van der Waals surface area contributed by atoms with Gasteiger partial charge < -0.3 is 13.6 Å². The first-order valence-electron chi connectivity index (χ1n) is 19.1. The van der Waals surface area contributed by atoms with Crippen LogP contribution in [0, 0.1) is 0 Å². The van der Waals surface area contributed by atoms with Crippen molar-refractivity contribution < 1.29 is 4.42 Å². The quantitative estimate of drug-likeness (QED) is 0.177. The molecule has 0 radical (unpaired) electrons. The number of hydrogen-bond acceptors (Lipinski definition) is 4. The lowest BCUT2D eigenvalue weighted by atomic mass is 10.0. The van der Waals surface area contributed by atoms with Gasteiger partial charge in [0.2, 0.25) is 0 Å². The topological polar surface area (TPSA) is 61.7 Å². The molecule has 0 aliphatic heterocycles. The van der Waals surface area contributed by atoms with E-state index in [1.807, 2.05) is 66.7 Å². The molecule has 0 amide bonds. The zero-order chi connectivity index (χ0) is 37.5. The minimum absolute atomic E-state index is 0.624. The van der Waals surface area contributed by atoms with Crippen LogP contribution in [0.3, 0.4) is 0 Å². The molecular weight excluding hydrogens is 699 g/mol. The molecule has 57 heavy (non-hydrogen) atoms. The molecule has 4 heterocycles. The first-order valence-corrected chi connectivity index (χ1v) is 19.1. The van der Waals surface area contributed by atoms with E-state index >= 15 is 0 Å². The smallest absolute Gasteiger partial charge is 0.164 e. The van der Waals surface area contributed by atoms with E-state index in [-0.39, 0.29) is 0 Å². The molecule has 266 valence electrons. The standard InChI is InChI=1S/C51H31N5O/c1-4-14-32(15-5-1)49-52-50(33-16-6-2-7-17-33)54-51(53-49)34-24-26-36(27-25-34)56-41-29-28-40-45(37-20-10-12-22-39(37)55(40)35-18-8-3-9-19-35)47(41)48-42(56)30-31-44-46(48)38-21-11-13-23-43(38)57-44/h1-31H. The number of fused-ring (bicyclic) bond motifs is 11. The van der Waals surface area contributed by atoms with Gasteiger partial charge in [-0.15, -0.1) is 0 Å². The van der Waals surface area contributed by atoms with Gasteiger partial charge in [-0.1, -0.05) is 115 Å². The maximum absolute atomic E-state index is 6.51. The molecule has 0 aliphatic carbocycles. The molecule has 6 nitrogen and oxygen atoms in total. The lowest BCUT2D eigenvalue weighted by Gasteiger charge is -2.11. The van der Waals surface area contributed by atoms with E-state index in [1.54, 1.807) is 0 Å². The highest BCUT2D eigenvalue weighted by Crippen LogP contribution is 2.46. The third kappa shape index (κ3) is 4.81. The molecule has 4 aromatic heterocycles. The lowest BCUT2D eigenvalue weighted by Crippen LogP contribution is -2.00. The molecule has 0 spiro atoms. The summed E-state index contributed by atoms with van der Waals surface area (Å²) in [6.45, 7) is 0. The highest BCUT2D eigenvalue weighted by molar-refractivity contribution is 6.35. The molecule has 0 bridgehead atoms. The average Bonchev–Trinajstić information content (AvgIpc) is 3.95. The Morgan fingerprint density at radius 2 is 0.754 bits per heavy atom. The second kappa shape index (κ2) is 12.3. The van der Waals surface area contributed by atoms with Crippen molar-refractivity contribution in [2.75, 3.05) is 0 Å². The summed E-state index contributed by atoms with van der Waals surface area (Å²) in [4.78, 5) is 14.9. The highest BCUT2D eigenvalue weighted by atomic mass is 16.3. The molecule has 0 saturated heterocycles. The van der Waals surface area contributed by atoms with Crippen LogP contribution in [0.25, 0.3) is 111 Å². The largest absolute Gasteiger partial charge is 0.456 e. The molecule has 12 aromatic rings. The van der Waals surface area contributed by atoms with Crippen LogP contribution in [0.4, 0.5) is 0 Å². The summed E-state index contributed by atoms with van der Waals surface area (Å²) in [7, 11) is 0. The van der Waals surface area contributed by atoms with E-state index in [4.69, 9.17) is 19.4 Å². The number of hydrogen-bond donors (Lipinski definition) is 0. The first-order chi connectivity index (χ1) is 28.3. The van der Waals surface area contributed by atoms with Crippen LogP contribution in [-0.2, 0) is 0 Å². The Balaban J connectivity index is 1.13. The molecule has 0 saturated carbocycles. The fourth-order valence-corrected chi connectivity index (χ4v) is 8.69. The zero-order valence-electron chi connectivity index (χ0n) is 30.5. The van der Waals surface area contributed by atoms with Crippen LogP contribution >= 0.6 is 0 Å². The number of aromatic nitrogens is 5. The monoisotopic (exact) mass is 729 g/mol. The lowest BCUT2D eigenvalue weighted by molar-refractivity contribution is 0.669. The second-order valence-corrected chi connectivity index (χ2v) is 14.4. The Labute approximate surface area is 326 Å². The van der Waals surface area contributed by atoms with Gasteiger partial charge in [-0.3, -0.25) is 0 Å². The third-order valence-corrected chi connectivity index (χ3v) is 11.2. The van der Waals surface area contributed by atoms with Gasteiger partial charge in [-0.2, -0.15) is 0 Å². The van der Waals surface area contributed by atoms with E-state index in [0.29, 0.717) is 17.5 Å². The van der Waals surface area contributed by atoms with Crippen LogP contribution in [-0.4, -0.2) is 24.1 Å². The van der Waals surface area contributed by atoms with Crippen LogP contribution in [0.1, 0.15) is 0 Å². The van der Waals surface area contributed by atoms with Crippen LogP contribution in [0.2, 0.25) is 0 Å². The Bertz CT molecular complexity index is 3430. The van der Waals surface area contributed by atoms with Gasteiger partial charge in [-0.25, -0.2) is 15.0 Å². The van der Waals surface area contributed by atoms with Crippen LogP contribution in [0.15, 0.2) is 192 Å². The van der Waals surface area contributed by atoms with Crippen molar-refractivity contribution in [3.8, 4) is 45.5 Å². The second-order valence-electron chi connectivity index (χ2n) is 14.4. The molecule has 8 aromatic carbocycles. The zero-order valence-corrected chi connectivity index (χ0v) is 30.5. The van der Waals surface area contributed by atoms with Crippen molar-refractivity contribution in [1.82, 2.24) is 24.1 Å². The maximum Gasteiger partial charge on any atom is 0.164 e. The van der Waals surface area contributed by atoms with E-state index < -0.39 is 0 Å². The van der Waals surface area contributed by atoms with E-state index in [9.17, 15) is 0 Å². The SMILES string of the molecule is c1ccc(-c2nc(-c3ccccc3)nc(-c3ccc(-n4c5ccc6oc7ccccc7c6c5c5c6c7ccccc7n(-c7ccccc7)c6ccc54)cc3)n2)cc1. The molecule has 0 unspecified atom stereocenters. The molecular formula is C51H31N5O. The van der Waals surface area contributed by atoms with Gasteiger partial charge in [0, 0.05) is 60.4 Å². The van der Waals surface area contributed by atoms with Crippen molar-refractivity contribution >= 4 is 65.6 Å². The van der Waals surface area contributed by atoms with E-state index in [1.165, 1.54) is 27.1 Å². The summed E-state index contributed by atoms with van der Waals surface area (Å²) in [5.41, 5.74) is 11.3. The Kier molecular flexibility index (Phi) is 6.83. The van der Waals surface area contributed by atoms with Crippen molar-refractivity contribution in [2.24, 2.45) is 0 Å². The average molecular weight is 730 g/mol. The number of para-hydroxylation sites is 3. The molecule has 0 aliphatic rings. The van der Waals surface area contributed by atoms with Crippen molar-refractivity contribution in [2.45, 2.75) is 0 Å². The van der Waals surface area contributed by atoms with Gasteiger partial charge in [-0.05, 0) is 72.8 Å². The van der Waals surface area contributed by atoms with Crippen molar-refractivity contribution in [1.29, 1.82) is 0 Å². The van der Waals surface area contributed by atoms with E-state index in [2.05, 4.69) is 130 Å². The fourth-order valence-electron chi connectivity index (χ4n) is 8.69. The van der Waals surface area contributed by atoms with E-state index in [0.717, 1.165) is 66.6 Å². The van der Waals surface area contributed by atoms with Gasteiger partial charge in [0.25, 0.3) is 0 Å². The summed E-state index contributed by atoms with van der Waals surface area (Å²) < 4.78 is 11.3. The van der Waals surface area contributed by atoms with Crippen LogP contribution < -0.4 is 0 Å². The Morgan fingerprint density at radius 1 is 0.298 bits per heavy atom. The van der Waals surface area contributed by atoms with Crippen molar-refractivity contribution in [3.05, 3.63) is 188 Å². The Hall–Kier alpha value is -7.83. The summed E-state index contributed by atoms with van der Waals surface area (Å²) in [5.74, 6) is 1.90. The first kappa shape index (κ1) is 31.5. The molecule has 6 heteroatoms. The number of furan rings is 1. The van der Waals surface area contributed by atoms with Crippen LogP contribution in [0.5, 0.6) is 0 Å². The number of nitrogens with zero attached hydrogens (tertiary/aromatic N) is 5. The highest BCUT2D eigenvalue weighted by Gasteiger charge is 2.24. The molecule has 0 atom stereocenters. The minimum Gasteiger partial charge on any atom is -0.456 e. The van der Waals surface area contributed by atoms with Gasteiger partial charge >= 0.3 is 0 Å². The van der Waals surface area contributed by atoms with Gasteiger partial charge in [0.1, 0.15) is 11.2 Å². The van der Waals surface area contributed by atoms with Gasteiger partial charge in [0.05, 0.1) is 22.1 Å². The Morgan fingerprint density at radius 3 is 1.40 bits per heavy atom. The summed E-state index contributed by atoms with van der Waals surface area (Å²) in [5, 5.41) is 7.04.